The van der Waals surface area contributed by atoms with Crippen LogP contribution in [0.15, 0.2) is 45.3 Å². The van der Waals surface area contributed by atoms with Gasteiger partial charge < -0.3 is 9.15 Å². The summed E-state index contributed by atoms with van der Waals surface area (Å²) in [5.41, 5.74) is 1.70. The van der Waals surface area contributed by atoms with E-state index in [0.29, 0.717) is 15.2 Å². The number of rotatable bonds is 5. The van der Waals surface area contributed by atoms with Gasteiger partial charge in [-0.2, -0.15) is 0 Å². The minimum atomic E-state index is -0.607. The highest BCUT2D eigenvalue weighted by Crippen LogP contribution is 2.23. The Kier molecular flexibility index (Phi) is 5.32. The third-order valence-electron chi connectivity index (χ3n) is 2.98. The number of nitrogens with zero attached hydrogens (tertiary/aromatic N) is 2. The lowest BCUT2D eigenvalue weighted by Gasteiger charge is -2.07. The molecule has 1 amide bonds. The highest BCUT2D eigenvalue weighted by Gasteiger charge is 2.14. The zero-order chi connectivity index (χ0) is 17.8. The highest BCUT2D eigenvalue weighted by molar-refractivity contribution is 7.13. The van der Waals surface area contributed by atoms with Crippen LogP contribution in [-0.2, 0) is 6.61 Å². The molecule has 0 aliphatic carbocycles. The second kappa shape index (κ2) is 7.64. The molecular weight excluding hydrogens is 389 g/mol. The summed E-state index contributed by atoms with van der Waals surface area (Å²) in [6, 6.07) is 6.03. The normalized spacial score (nSPS) is 10.5. The fourth-order valence-corrected chi connectivity index (χ4v) is 2.56. The second-order valence-electron chi connectivity index (χ2n) is 4.71. The van der Waals surface area contributed by atoms with Crippen molar-refractivity contribution < 1.29 is 13.9 Å². The van der Waals surface area contributed by atoms with Crippen molar-refractivity contribution in [1.29, 1.82) is 0 Å². The number of hydrogen-bond acceptors (Lipinski definition) is 7. The average Bonchev–Trinajstić information content (AvgIpc) is 3.09. The monoisotopic (exact) mass is 397 g/mol. The van der Waals surface area contributed by atoms with Gasteiger partial charge in [-0.25, -0.2) is 0 Å². The van der Waals surface area contributed by atoms with Crippen LogP contribution in [0, 0.1) is 0 Å². The van der Waals surface area contributed by atoms with Crippen molar-refractivity contribution >= 4 is 45.6 Å². The van der Waals surface area contributed by atoms with E-state index in [4.69, 9.17) is 32.4 Å². The molecular formula is C15H9Cl2N3O4S. The van der Waals surface area contributed by atoms with Crippen LogP contribution < -0.4 is 15.5 Å². The molecule has 3 rings (SSSR count). The van der Waals surface area contributed by atoms with Gasteiger partial charge in [-0.05, 0) is 17.7 Å². The predicted octanol–water partition coefficient (Wildman–Crippen LogP) is 3.63. The van der Waals surface area contributed by atoms with Gasteiger partial charge in [0.15, 0.2) is 5.76 Å². The Balaban J connectivity index is 1.68. The number of carbonyl (C=O) groups is 1. The number of carbonyl (C=O) groups excluding carboxylic acids is 1. The van der Waals surface area contributed by atoms with Crippen LogP contribution >= 0.6 is 34.5 Å². The Hall–Kier alpha value is -2.42. The van der Waals surface area contributed by atoms with Crippen LogP contribution in [0.5, 0.6) is 5.75 Å². The number of benzene rings is 1. The van der Waals surface area contributed by atoms with E-state index >= 15 is 0 Å². The van der Waals surface area contributed by atoms with Crippen molar-refractivity contribution in [1.82, 2.24) is 10.2 Å². The predicted molar refractivity (Wildman–Crippen MR) is 93.6 cm³/mol. The first kappa shape index (κ1) is 17.4. The molecule has 128 valence electrons. The Morgan fingerprint density at radius 3 is 2.80 bits per heavy atom. The molecule has 0 bridgehead atoms. The van der Waals surface area contributed by atoms with Gasteiger partial charge in [0.1, 0.15) is 18.4 Å². The number of anilines is 1. The fraction of sp³-hybridized carbons (Fsp3) is 0.0667. The summed E-state index contributed by atoms with van der Waals surface area (Å²) in [4.78, 5) is 24.0. The molecule has 7 nitrogen and oxygen atoms in total. The van der Waals surface area contributed by atoms with Gasteiger partial charge in [0.05, 0.1) is 10.0 Å². The van der Waals surface area contributed by atoms with Gasteiger partial charge in [-0.3, -0.25) is 14.9 Å². The first-order valence-electron chi connectivity index (χ1n) is 6.80. The standard InChI is InChI=1S/C15H9Cl2N3O4S/c16-9-2-1-8(3-10(9)17)5-23-13-6-24-12(4-11(13)21)14(22)19-15-20-18-7-25-15/h1-4,6-7H,5H2,(H,19,20,22). The summed E-state index contributed by atoms with van der Waals surface area (Å²) in [6.07, 6.45) is 1.08. The number of halogens is 2. The van der Waals surface area contributed by atoms with Crippen LogP contribution in [-0.4, -0.2) is 16.1 Å². The van der Waals surface area contributed by atoms with Gasteiger partial charge in [-0.1, -0.05) is 40.6 Å². The lowest BCUT2D eigenvalue weighted by Crippen LogP contribution is -2.15. The molecule has 0 atom stereocenters. The maximum atomic E-state index is 12.1. The Bertz CT molecular complexity index is 960. The molecule has 0 radical (unpaired) electrons. The van der Waals surface area contributed by atoms with Crippen molar-refractivity contribution in [3.63, 3.8) is 0 Å². The number of aromatic nitrogens is 2. The lowest BCUT2D eigenvalue weighted by molar-refractivity contribution is 0.0993. The van der Waals surface area contributed by atoms with E-state index in [0.717, 1.165) is 29.2 Å². The zero-order valence-electron chi connectivity index (χ0n) is 12.4. The highest BCUT2D eigenvalue weighted by atomic mass is 35.5. The van der Waals surface area contributed by atoms with E-state index in [1.54, 1.807) is 18.2 Å². The van der Waals surface area contributed by atoms with Crippen LogP contribution in [0.2, 0.25) is 10.0 Å². The number of hydrogen-bond donors (Lipinski definition) is 1. The molecule has 10 heteroatoms. The molecule has 1 aromatic carbocycles. The van der Waals surface area contributed by atoms with Crippen LogP contribution in [0.3, 0.4) is 0 Å². The molecule has 0 fully saturated rings. The molecule has 0 unspecified atom stereocenters. The van der Waals surface area contributed by atoms with Crippen molar-refractivity contribution in [2.24, 2.45) is 0 Å². The fourth-order valence-electron chi connectivity index (χ4n) is 1.80. The van der Waals surface area contributed by atoms with E-state index in [1.165, 1.54) is 5.51 Å². The largest absolute Gasteiger partial charge is 0.482 e. The Morgan fingerprint density at radius 2 is 2.12 bits per heavy atom. The van der Waals surface area contributed by atoms with E-state index < -0.39 is 11.3 Å². The Morgan fingerprint density at radius 1 is 1.28 bits per heavy atom. The summed E-state index contributed by atoms with van der Waals surface area (Å²) in [5.74, 6) is -0.800. The summed E-state index contributed by atoms with van der Waals surface area (Å²) >= 11 is 12.9. The maximum Gasteiger partial charge on any atom is 0.293 e. The van der Waals surface area contributed by atoms with E-state index in [-0.39, 0.29) is 18.1 Å². The van der Waals surface area contributed by atoms with Crippen molar-refractivity contribution in [2.75, 3.05) is 5.32 Å². The molecule has 25 heavy (non-hydrogen) atoms. The van der Waals surface area contributed by atoms with Gasteiger partial charge in [0, 0.05) is 6.07 Å². The first-order chi connectivity index (χ1) is 12.0. The minimum absolute atomic E-state index is 0.0291. The van der Waals surface area contributed by atoms with Crippen molar-refractivity contribution in [3.05, 3.63) is 67.6 Å². The summed E-state index contributed by atoms with van der Waals surface area (Å²) in [5, 5.41) is 10.8. The molecule has 0 saturated carbocycles. The molecule has 1 N–H and O–H groups in total. The van der Waals surface area contributed by atoms with Crippen LogP contribution in [0.25, 0.3) is 0 Å². The van der Waals surface area contributed by atoms with Crippen LogP contribution in [0.4, 0.5) is 5.13 Å². The van der Waals surface area contributed by atoms with E-state index in [9.17, 15) is 9.59 Å². The second-order valence-corrected chi connectivity index (χ2v) is 6.36. The number of nitrogens with one attached hydrogen (secondary N) is 1. The molecule has 0 aliphatic rings. The number of amides is 1. The third kappa shape index (κ3) is 4.36. The third-order valence-corrected chi connectivity index (χ3v) is 4.33. The zero-order valence-corrected chi connectivity index (χ0v) is 14.7. The smallest absolute Gasteiger partial charge is 0.293 e. The van der Waals surface area contributed by atoms with Crippen molar-refractivity contribution in [3.8, 4) is 5.75 Å². The van der Waals surface area contributed by atoms with Gasteiger partial charge in [-0.15, -0.1) is 10.2 Å². The molecule has 2 heterocycles. The minimum Gasteiger partial charge on any atom is -0.482 e. The molecule has 0 aliphatic heterocycles. The maximum absolute atomic E-state index is 12.1. The number of ether oxygens (including phenoxy) is 1. The first-order valence-corrected chi connectivity index (χ1v) is 8.43. The summed E-state index contributed by atoms with van der Waals surface area (Å²) in [7, 11) is 0. The van der Waals surface area contributed by atoms with Crippen molar-refractivity contribution in [2.45, 2.75) is 6.61 Å². The molecule has 3 aromatic rings. The SMILES string of the molecule is O=C(Nc1nncs1)c1cc(=O)c(OCc2ccc(Cl)c(Cl)c2)co1. The van der Waals surface area contributed by atoms with E-state index in [1.807, 2.05) is 0 Å². The Labute approximate surface area is 155 Å². The van der Waals surface area contributed by atoms with Gasteiger partial charge in [0.25, 0.3) is 5.91 Å². The molecule has 0 saturated heterocycles. The van der Waals surface area contributed by atoms with E-state index in [2.05, 4.69) is 15.5 Å². The molecule has 2 aromatic heterocycles. The summed E-state index contributed by atoms with van der Waals surface area (Å²) < 4.78 is 10.6. The van der Waals surface area contributed by atoms with Crippen LogP contribution in [0.1, 0.15) is 16.1 Å². The topological polar surface area (TPSA) is 94.3 Å². The van der Waals surface area contributed by atoms with Gasteiger partial charge in [0.2, 0.25) is 16.3 Å². The average molecular weight is 398 g/mol. The molecule has 0 spiro atoms. The lowest BCUT2D eigenvalue weighted by atomic mass is 10.2. The van der Waals surface area contributed by atoms with Gasteiger partial charge >= 0.3 is 0 Å². The quantitative estimate of drug-likeness (QED) is 0.706. The summed E-state index contributed by atoms with van der Waals surface area (Å²) in [6.45, 7) is 0.0952.